The molecule has 2 amide bonds. The van der Waals surface area contributed by atoms with Crippen LogP contribution in [0.1, 0.15) is 13.3 Å². The molecule has 0 saturated carbocycles. The van der Waals surface area contributed by atoms with Crippen LogP contribution in [-0.4, -0.2) is 67.9 Å². The zero-order chi connectivity index (χ0) is 13.5. The first kappa shape index (κ1) is 14.9. The van der Waals surface area contributed by atoms with Crippen LogP contribution in [0.25, 0.3) is 0 Å². The Bertz CT molecular complexity index is 284. The number of hydrogen-bond donors (Lipinski definition) is 2. The van der Waals surface area contributed by atoms with Gasteiger partial charge >= 0.3 is 0 Å². The summed E-state index contributed by atoms with van der Waals surface area (Å²) < 4.78 is 0. The fraction of sp³-hybridized carbons (Fsp3) is 0.833. The van der Waals surface area contributed by atoms with E-state index in [1.54, 1.807) is 7.05 Å². The lowest BCUT2D eigenvalue weighted by Crippen LogP contribution is -2.52. The molecule has 6 heteroatoms. The Morgan fingerprint density at radius 1 is 1.28 bits per heavy atom. The molecule has 0 spiro atoms. The van der Waals surface area contributed by atoms with Crippen molar-refractivity contribution in [2.45, 2.75) is 13.3 Å². The van der Waals surface area contributed by atoms with Crippen molar-refractivity contribution in [1.29, 1.82) is 0 Å². The molecule has 1 unspecified atom stereocenters. The predicted molar refractivity (Wildman–Crippen MR) is 69.9 cm³/mol. The summed E-state index contributed by atoms with van der Waals surface area (Å²) in [6.07, 6.45) is 0.786. The Morgan fingerprint density at radius 3 is 2.33 bits per heavy atom. The van der Waals surface area contributed by atoms with E-state index in [0.717, 1.165) is 19.5 Å². The number of rotatable bonds is 5. The summed E-state index contributed by atoms with van der Waals surface area (Å²) in [6, 6.07) is 0. The lowest BCUT2D eigenvalue weighted by Gasteiger charge is -2.35. The molecule has 1 rings (SSSR count). The zero-order valence-electron chi connectivity index (χ0n) is 11.3. The summed E-state index contributed by atoms with van der Waals surface area (Å²) in [4.78, 5) is 27.3. The molecule has 0 aromatic heterocycles. The summed E-state index contributed by atoms with van der Waals surface area (Å²) in [7, 11) is 1.63. The van der Waals surface area contributed by atoms with E-state index in [1.807, 2.05) is 11.8 Å². The number of nitrogens with two attached hydrogens (primary N) is 1. The van der Waals surface area contributed by atoms with E-state index in [9.17, 15) is 9.59 Å². The van der Waals surface area contributed by atoms with Crippen molar-refractivity contribution in [3.05, 3.63) is 0 Å². The third-order valence-corrected chi connectivity index (χ3v) is 3.46. The van der Waals surface area contributed by atoms with Gasteiger partial charge in [0.25, 0.3) is 0 Å². The fourth-order valence-corrected chi connectivity index (χ4v) is 2.11. The second kappa shape index (κ2) is 7.33. The largest absolute Gasteiger partial charge is 0.358 e. The molecule has 0 aliphatic carbocycles. The molecular weight excluding hydrogens is 232 g/mol. The smallest absolute Gasteiger partial charge is 0.233 e. The number of amides is 2. The van der Waals surface area contributed by atoms with Crippen molar-refractivity contribution >= 4 is 11.8 Å². The Morgan fingerprint density at radius 2 is 1.89 bits per heavy atom. The van der Waals surface area contributed by atoms with Crippen LogP contribution in [0.3, 0.4) is 0 Å². The highest BCUT2D eigenvalue weighted by atomic mass is 16.2. The van der Waals surface area contributed by atoms with E-state index in [-0.39, 0.29) is 17.7 Å². The highest BCUT2D eigenvalue weighted by Crippen LogP contribution is 2.09. The van der Waals surface area contributed by atoms with Gasteiger partial charge in [0.1, 0.15) is 0 Å². The number of piperazine rings is 1. The van der Waals surface area contributed by atoms with Crippen molar-refractivity contribution in [1.82, 2.24) is 15.1 Å². The molecule has 1 aliphatic rings. The van der Waals surface area contributed by atoms with Gasteiger partial charge in [-0.15, -0.1) is 0 Å². The van der Waals surface area contributed by atoms with Crippen molar-refractivity contribution in [3.63, 3.8) is 0 Å². The highest BCUT2D eigenvalue weighted by Gasteiger charge is 2.25. The van der Waals surface area contributed by atoms with E-state index in [1.165, 1.54) is 0 Å². The van der Waals surface area contributed by atoms with Gasteiger partial charge in [0, 0.05) is 39.8 Å². The summed E-state index contributed by atoms with van der Waals surface area (Å²) >= 11 is 0. The number of likely N-dealkylation sites (N-methyl/N-ethyl adjacent to an activating group) is 1. The molecule has 0 aromatic rings. The number of nitrogens with one attached hydrogen (secondary N) is 1. The fourth-order valence-electron chi connectivity index (χ4n) is 2.11. The summed E-state index contributed by atoms with van der Waals surface area (Å²) in [6.45, 7) is 5.68. The van der Waals surface area contributed by atoms with Gasteiger partial charge in [0.05, 0.1) is 12.5 Å². The van der Waals surface area contributed by atoms with Crippen LogP contribution < -0.4 is 11.1 Å². The third-order valence-electron chi connectivity index (χ3n) is 3.46. The van der Waals surface area contributed by atoms with Crippen molar-refractivity contribution < 1.29 is 9.59 Å². The number of hydrogen-bond acceptors (Lipinski definition) is 4. The Kier molecular flexibility index (Phi) is 6.07. The van der Waals surface area contributed by atoms with Crippen LogP contribution in [0.4, 0.5) is 0 Å². The van der Waals surface area contributed by atoms with Gasteiger partial charge in [-0.25, -0.2) is 0 Å². The molecule has 18 heavy (non-hydrogen) atoms. The molecular formula is C12H24N4O2. The molecule has 3 N–H and O–H groups in total. The molecule has 6 nitrogen and oxygen atoms in total. The molecule has 1 aliphatic heterocycles. The molecule has 1 fully saturated rings. The second-order valence-corrected chi connectivity index (χ2v) is 4.62. The molecule has 0 aromatic carbocycles. The van der Waals surface area contributed by atoms with Crippen LogP contribution >= 0.6 is 0 Å². The van der Waals surface area contributed by atoms with Gasteiger partial charge in [-0.3, -0.25) is 14.5 Å². The lowest BCUT2D eigenvalue weighted by atomic mass is 10.0. The number of carbonyl (C=O) groups excluding carboxylic acids is 2. The first-order valence-electron chi connectivity index (χ1n) is 6.54. The minimum absolute atomic E-state index is 0.0168. The van der Waals surface area contributed by atoms with Crippen LogP contribution in [0, 0.1) is 5.92 Å². The molecule has 1 saturated heterocycles. The van der Waals surface area contributed by atoms with Crippen molar-refractivity contribution in [3.8, 4) is 0 Å². The number of nitrogens with zero attached hydrogens (tertiary/aromatic N) is 2. The average Bonchev–Trinajstić information content (AvgIpc) is 2.40. The van der Waals surface area contributed by atoms with E-state index < -0.39 is 0 Å². The minimum Gasteiger partial charge on any atom is -0.358 e. The first-order chi connectivity index (χ1) is 8.62. The van der Waals surface area contributed by atoms with Crippen LogP contribution in [0.15, 0.2) is 0 Å². The first-order valence-corrected chi connectivity index (χ1v) is 6.54. The Labute approximate surface area is 108 Å². The molecule has 0 bridgehead atoms. The van der Waals surface area contributed by atoms with Gasteiger partial charge in [-0.1, -0.05) is 6.92 Å². The zero-order valence-corrected chi connectivity index (χ0v) is 11.3. The SMILES string of the molecule is CCC(CN)C(=O)N1CCN(CC(=O)NC)CC1. The maximum absolute atomic E-state index is 12.1. The normalized spacial score (nSPS) is 18.5. The average molecular weight is 256 g/mol. The molecule has 1 heterocycles. The van der Waals surface area contributed by atoms with E-state index in [0.29, 0.717) is 26.2 Å². The van der Waals surface area contributed by atoms with Gasteiger partial charge in [0.2, 0.25) is 11.8 Å². The Hall–Kier alpha value is -1.14. The standard InChI is InChI=1S/C12H24N4O2/c1-3-10(8-13)12(18)16-6-4-15(5-7-16)9-11(17)14-2/h10H,3-9,13H2,1-2H3,(H,14,17). The second-order valence-electron chi connectivity index (χ2n) is 4.62. The molecule has 0 radical (unpaired) electrons. The minimum atomic E-state index is -0.0597. The maximum atomic E-state index is 12.1. The van der Waals surface area contributed by atoms with Gasteiger partial charge < -0.3 is 16.0 Å². The predicted octanol–water partition coefficient (Wildman–Crippen LogP) is -1.14. The third kappa shape index (κ3) is 3.96. The Balaban J connectivity index is 2.39. The van der Waals surface area contributed by atoms with Gasteiger partial charge in [-0.05, 0) is 6.42 Å². The number of carbonyl (C=O) groups is 2. The lowest BCUT2D eigenvalue weighted by molar-refractivity contribution is -0.137. The van der Waals surface area contributed by atoms with Crippen LogP contribution in [0.5, 0.6) is 0 Å². The van der Waals surface area contributed by atoms with Gasteiger partial charge in [-0.2, -0.15) is 0 Å². The summed E-state index contributed by atoms with van der Waals surface area (Å²) in [5, 5.41) is 2.61. The molecule has 104 valence electrons. The summed E-state index contributed by atoms with van der Waals surface area (Å²) in [5.74, 6) is 0.109. The van der Waals surface area contributed by atoms with Crippen LogP contribution in [0.2, 0.25) is 0 Å². The topological polar surface area (TPSA) is 78.7 Å². The molecule has 1 atom stereocenters. The maximum Gasteiger partial charge on any atom is 0.233 e. The van der Waals surface area contributed by atoms with E-state index in [4.69, 9.17) is 5.73 Å². The van der Waals surface area contributed by atoms with Crippen LogP contribution in [-0.2, 0) is 9.59 Å². The quantitative estimate of drug-likeness (QED) is 0.652. The summed E-state index contributed by atoms with van der Waals surface area (Å²) in [5.41, 5.74) is 5.59. The highest BCUT2D eigenvalue weighted by molar-refractivity contribution is 5.79. The van der Waals surface area contributed by atoms with E-state index in [2.05, 4.69) is 10.2 Å². The van der Waals surface area contributed by atoms with E-state index >= 15 is 0 Å². The monoisotopic (exact) mass is 256 g/mol. The van der Waals surface area contributed by atoms with Crippen molar-refractivity contribution in [2.24, 2.45) is 11.7 Å². The van der Waals surface area contributed by atoms with Gasteiger partial charge in [0.15, 0.2) is 0 Å². The van der Waals surface area contributed by atoms with Crippen molar-refractivity contribution in [2.75, 3.05) is 46.3 Å².